The van der Waals surface area contributed by atoms with Crippen molar-refractivity contribution < 1.29 is 9.90 Å². The molecule has 0 spiro atoms. The van der Waals surface area contributed by atoms with Crippen LogP contribution < -0.4 is 5.32 Å². The zero-order chi connectivity index (χ0) is 14.5. The van der Waals surface area contributed by atoms with Crippen molar-refractivity contribution in [3.8, 4) is 0 Å². The van der Waals surface area contributed by atoms with Gasteiger partial charge in [-0.15, -0.1) is 0 Å². The zero-order valence-corrected chi connectivity index (χ0v) is 12.8. The maximum Gasteiger partial charge on any atom is 0.251 e. The average Bonchev–Trinajstić information content (AvgIpc) is 2.44. The second kappa shape index (κ2) is 7.30. The van der Waals surface area contributed by atoms with Gasteiger partial charge in [0.2, 0.25) is 0 Å². The molecule has 1 fully saturated rings. The number of rotatable bonds is 4. The van der Waals surface area contributed by atoms with Crippen LogP contribution in [0.15, 0.2) is 18.2 Å². The highest BCUT2D eigenvalue weighted by Crippen LogP contribution is 2.29. The summed E-state index contributed by atoms with van der Waals surface area (Å²) in [6, 6.07) is 4.81. The van der Waals surface area contributed by atoms with Crippen LogP contribution in [0.3, 0.4) is 0 Å². The van der Waals surface area contributed by atoms with Crippen LogP contribution in [0, 0.1) is 11.8 Å². The Morgan fingerprint density at radius 3 is 2.35 bits per heavy atom. The van der Waals surface area contributed by atoms with Crippen LogP contribution >= 0.6 is 23.2 Å². The van der Waals surface area contributed by atoms with Gasteiger partial charge in [0, 0.05) is 28.8 Å². The van der Waals surface area contributed by atoms with E-state index >= 15 is 0 Å². The molecule has 3 nitrogen and oxygen atoms in total. The summed E-state index contributed by atoms with van der Waals surface area (Å²) in [5.41, 5.74) is 0.471. The lowest BCUT2D eigenvalue weighted by molar-refractivity contribution is 0.0909. The molecule has 20 heavy (non-hydrogen) atoms. The molecule has 1 aliphatic rings. The third-order valence-corrected chi connectivity index (χ3v) is 4.39. The monoisotopic (exact) mass is 315 g/mol. The second-order valence-corrected chi connectivity index (χ2v) is 6.23. The van der Waals surface area contributed by atoms with Crippen LogP contribution in [0.1, 0.15) is 36.0 Å². The minimum atomic E-state index is -0.170. The summed E-state index contributed by atoms with van der Waals surface area (Å²) >= 11 is 11.8. The molecular weight excluding hydrogens is 297 g/mol. The molecule has 0 saturated heterocycles. The topological polar surface area (TPSA) is 49.3 Å². The van der Waals surface area contributed by atoms with Gasteiger partial charge in [-0.1, -0.05) is 36.0 Å². The van der Waals surface area contributed by atoms with E-state index < -0.39 is 0 Å². The summed E-state index contributed by atoms with van der Waals surface area (Å²) in [7, 11) is 0. The van der Waals surface area contributed by atoms with E-state index in [0.717, 1.165) is 12.8 Å². The van der Waals surface area contributed by atoms with Crippen LogP contribution in [0.25, 0.3) is 0 Å². The summed E-state index contributed by atoms with van der Waals surface area (Å²) < 4.78 is 0. The minimum absolute atomic E-state index is 0.170. The van der Waals surface area contributed by atoms with E-state index in [1.54, 1.807) is 18.2 Å². The molecular formula is C15H19Cl2NO2. The standard InChI is InChI=1S/C15H19Cl2NO2/c16-13-5-12(6-14(17)7-13)15(20)18-8-10-3-1-2-4-11(10)9-19/h5-7,10-11,19H,1-4,8-9H2,(H,18,20). The van der Waals surface area contributed by atoms with Gasteiger partial charge in [0.25, 0.3) is 5.91 Å². The molecule has 0 aliphatic heterocycles. The van der Waals surface area contributed by atoms with E-state index in [4.69, 9.17) is 23.2 Å². The molecule has 0 bridgehead atoms. The molecule has 0 radical (unpaired) electrons. The van der Waals surface area contributed by atoms with Crippen LogP contribution in [0.4, 0.5) is 0 Å². The summed E-state index contributed by atoms with van der Waals surface area (Å²) in [6.45, 7) is 0.789. The summed E-state index contributed by atoms with van der Waals surface area (Å²) in [5.74, 6) is 0.482. The molecule has 2 rings (SSSR count). The summed E-state index contributed by atoms with van der Waals surface area (Å²) in [5, 5.41) is 13.2. The predicted octanol–water partition coefficient (Wildman–Crippen LogP) is 3.52. The molecule has 2 N–H and O–H groups in total. The number of amides is 1. The van der Waals surface area contributed by atoms with Crippen molar-refractivity contribution >= 4 is 29.1 Å². The highest BCUT2D eigenvalue weighted by Gasteiger charge is 2.24. The summed E-state index contributed by atoms with van der Waals surface area (Å²) in [6.07, 6.45) is 4.43. The minimum Gasteiger partial charge on any atom is -0.396 e. The van der Waals surface area contributed by atoms with Gasteiger partial charge < -0.3 is 10.4 Å². The molecule has 1 amide bonds. The van der Waals surface area contributed by atoms with Gasteiger partial charge in [0.05, 0.1) is 0 Å². The van der Waals surface area contributed by atoms with Gasteiger partial charge in [-0.25, -0.2) is 0 Å². The number of hydrogen-bond donors (Lipinski definition) is 2. The third kappa shape index (κ3) is 4.11. The number of nitrogens with one attached hydrogen (secondary N) is 1. The molecule has 1 aliphatic carbocycles. The molecule has 2 unspecified atom stereocenters. The number of hydrogen-bond acceptors (Lipinski definition) is 2. The molecule has 0 heterocycles. The fraction of sp³-hybridized carbons (Fsp3) is 0.533. The average molecular weight is 316 g/mol. The quantitative estimate of drug-likeness (QED) is 0.893. The first-order chi connectivity index (χ1) is 9.60. The van der Waals surface area contributed by atoms with Crippen molar-refractivity contribution in [1.82, 2.24) is 5.32 Å². The van der Waals surface area contributed by atoms with Crippen molar-refractivity contribution in [2.45, 2.75) is 25.7 Å². The molecule has 0 aromatic heterocycles. The number of aliphatic hydroxyl groups excluding tert-OH is 1. The van der Waals surface area contributed by atoms with Gasteiger partial charge >= 0.3 is 0 Å². The molecule has 1 saturated carbocycles. The van der Waals surface area contributed by atoms with E-state index in [0.29, 0.717) is 34.0 Å². The van der Waals surface area contributed by atoms with E-state index in [-0.39, 0.29) is 12.5 Å². The van der Waals surface area contributed by atoms with Crippen LogP contribution in [0.2, 0.25) is 10.0 Å². The van der Waals surface area contributed by atoms with Crippen molar-refractivity contribution in [3.05, 3.63) is 33.8 Å². The normalized spacial score (nSPS) is 22.6. The lowest BCUT2D eigenvalue weighted by atomic mass is 9.79. The Balaban J connectivity index is 1.94. The molecule has 2 atom stereocenters. The number of carbonyl (C=O) groups is 1. The lowest BCUT2D eigenvalue weighted by Gasteiger charge is -2.30. The maximum absolute atomic E-state index is 12.1. The number of benzene rings is 1. The van der Waals surface area contributed by atoms with Crippen molar-refractivity contribution in [2.75, 3.05) is 13.2 Å². The van der Waals surface area contributed by atoms with Crippen LogP contribution in [0.5, 0.6) is 0 Å². The molecule has 1 aromatic carbocycles. The number of carbonyl (C=O) groups excluding carboxylic acids is 1. The zero-order valence-electron chi connectivity index (χ0n) is 11.2. The van der Waals surface area contributed by atoms with Gasteiger partial charge in [-0.05, 0) is 42.9 Å². The Bertz CT molecular complexity index is 459. The van der Waals surface area contributed by atoms with Crippen molar-refractivity contribution in [1.29, 1.82) is 0 Å². The van der Waals surface area contributed by atoms with Gasteiger partial charge in [-0.2, -0.15) is 0 Å². The van der Waals surface area contributed by atoms with Crippen molar-refractivity contribution in [3.63, 3.8) is 0 Å². The highest BCUT2D eigenvalue weighted by atomic mass is 35.5. The Morgan fingerprint density at radius 2 is 1.75 bits per heavy atom. The van der Waals surface area contributed by atoms with Crippen molar-refractivity contribution in [2.24, 2.45) is 11.8 Å². The first-order valence-corrected chi connectivity index (χ1v) is 7.71. The van der Waals surface area contributed by atoms with E-state index in [1.807, 2.05) is 0 Å². The Kier molecular flexibility index (Phi) is 5.70. The van der Waals surface area contributed by atoms with E-state index in [2.05, 4.69) is 5.32 Å². The van der Waals surface area contributed by atoms with Gasteiger partial charge in [-0.3, -0.25) is 4.79 Å². The fourth-order valence-electron chi connectivity index (χ4n) is 2.80. The first-order valence-electron chi connectivity index (χ1n) is 6.95. The largest absolute Gasteiger partial charge is 0.396 e. The Hall–Kier alpha value is -0.770. The Labute approximate surface area is 129 Å². The van der Waals surface area contributed by atoms with Crippen LogP contribution in [-0.4, -0.2) is 24.2 Å². The SMILES string of the molecule is O=C(NCC1CCCCC1CO)c1cc(Cl)cc(Cl)c1. The summed E-state index contributed by atoms with van der Waals surface area (Å²) in [4.78, 5) is 12.1. The van der Waals surface area contributed by atoms with E-state index in [9.17, 15) is 9.90 Å². The smallest absolute Gasteiger partial charge is 0.251 e. The third-order valence-electron chi connectivity index (χ3n) is 3.95. The van der Waals surface area contributed by atoms with Gasteiger partial charge in [0.15, 0.2) is 0 Å². The van der Waals surface area contributed by atoms with Crippen LogP contribution in [-0.2, 0) is 0 Å². The predicted molar refractivity (Wildman–Crippen MR) is 81.3 cm³/mol. The Morgan fingerprint density at radius 1 is 1.15 bits per heavy atom. The molecule has 1 aromatic rings. The molecule has 110 valence electrons. The number of halogens is 2. The second-order valence-electron chi connectivity index (χ2n) is 5.36. The molecule has 5 heteroatoms. The highest BCUT2D eigenvalue weighted by molar-refractivity contribution is 6.35. The maximum atomic E-state index is 12.1. The first kappa shape index (κ1) is 15.6. The van der Waals surface area contributed by atoms with Gasteiger partial charge in [0.1, 0.15) is 0 Å². The van der Waals surface area contributed by atoms with E-state index in [1.165, 1.54) is 12.8 Å². The number of aliphatic hydroxyl groups is 1. The fourth-order valence-corrected chi connectivity index (χ4v) is 3.33. The lowest BCUT2D eigenvalue weighted by Crippen LogP contribution is -2.35.